The molecule has 1 aliphatic heterocycles. The van der Waals surface area contributed by atoms with E-state index in [1.165, 1.54) is 32.6 Å². The molecule has 2 aromatic carbocycles. The standard InChI is InChI=1S/C29H24F3N5O3/c1-4-24(38)36-12-11-16(15-36)37-28-19(17-7-5-6-8-20(17)30)14-34-29(33)25(28)21(35-37)10-9-18-26(31)22(39-2)13-23(40-3)27(18)32/h4-8,13-14,16H,1,11-12,15H2,2-3H3,(H2,33,34)/t16-/m0/s1. The molecule has 1 atom stereocenters. The van der Waals surface area contributed by atoms with Crippen molar-refractivity contribution in [2.45, 2.75) is 12.5 Å². The number of anilines is 1. The highest BCUT2D eigenvalue weighted by molar-refractivity contribution is 6.02. The summed E-state index contributed by atoms with van der Waals surface area (Å²) >= 11 is 0. The lowest BCUT2D eigenvalue weighted by Crippen LogP contribution is -2.27. The average Bonchev–Trinajstić information content (AvgIpc) is 3.60. The Bertz CT molecular complexity index is 1700. The van der Waals surface area contributed by atoms with E-state index >= 15 is 8.78 Å². The number of hydrogen-bond donors (Lipinski definition) is 1. The van der Waals surface area contributed by atoms with Crippen LogP contribution in [0.25, 0.3) is 22.0 Å². The van der Waals surface area contributed by atoms with Gasteiger partial charge in [0.05, 0.1) is 31.2 Å². The molecule has 0 bridgehead atoms. The minimum Gasteiger partial charge on any atom is -0.493 e. The normalized spacial score (nSPS) is 14.6. The van der Waals surface area contributed by atoms with E-state index in [-0.39, 0.29) is 45.9 Å². The summed E-state index contributed by atoms with van der Waals surface area (Å²) in [5, 5.41) is 4.95. The van der Waals surface area contributed by atoms with Crippen molar-refractivity contribution >= 4 is 22.6 Å². The van der Waals surface area contributed by atoms with E-state index in [9.17, 15) is 9.18 Å². The molecule has 3 heterocycles. The number of methoxy groups -OCH3 is 2. The van der Waals surface area contributed by atoms with Crippen molar-refractivity contribution in [1.82, 2.24) is 19.7 Å². The maximum atomic E-state index is 15.0. The SMILES string of the molecule is C=CC(=O)N1CC[C@H](n2nc(C#Cc3c(F)c(OC)cc(OC)c3F)c3c(N)ncc(-c4ccccc4F)c32)C1. The van der Waals surface area contributed by atoms with Gasteiger partial charge in [-0.3, -0.25) is 9.48 Å². The van der Waals surface area contributed by atoms with Crippen LogP contribution in [0.5, 0.6) is 11.5 Å². The third kappa shape index (κ3) is 4.47. The van der Waals surface area contributed by atoms with E-state index in [2.05, 4.69) is 28.5 Å². The van der Waals surface area contributed by atoms with Gasteiger partial charge in [-0.25, -0.2) is 18.2 Å². The van der Waals surface area contributed by atoms with E-state index in [1.807, 2.05) is 0 Å². The number of rotatable bonds is 5. The second kappa shape index (κ2) is 10.6. The molecule has 0 unspecified atom stereocenters. The number of fused-ring (bicyclic) bond motifs is 1. The molecule has 0 spiro atoms. The lowest BCUT2D eigenvalue weighted by atomic mass is 10.0. The summed E-state index contributed by atoms with van der Waals surface area (Å²) in [4.78, 5) is 18.1. The molecule has 204 valence electrons. The number of aromatic nitrogens is 3. The fraction of sp³-hybridized carbons (Fsp3) is 0.207. The predicted octanol–water partition coefficient (Wildman–Crippen LogP) is 4.47. The van der Waals surface area contributed by atoms with Crippen molar-refractivity contribution < 1.29 is 27.4 Å². The Morgan fingerprint density at radius 2 is 1.82 bits per heavy atom. The average molecular weight is 548 g/mol. The van der Waals surface area contributed by atoms with Crippen LogP contribution in [-0.4, -0.2) is 52.9 Å². The maximum Gasteiger partial charge on any atom is 0.246 e. The summed E-state index contributed by atoms with van der Waals surface area (Å²) in [6, 6.07) is 6.93. The molecule has 1 amide bonds. The van der Waals surface area contributed by atoms with Crippen LogP contribution in [0.2, 0.25) is 0 Å². The summed E-state index contributed by atoms with van der Waals surface area (Å²) in [6.07, 6.45) is 3.22. The summed E-state index contributed by atoms with van der Waals surface area (Å²) in [7, 11) is 2.47. The molecule has 5 rings (SSSR count). The Kier molecular flexibility index (Phi) is 7.09. The summed E-state index contributed by atoms with van der Waals surface area (Å²) in [6.45, 7) is 4.31. The second-order valence-corrected chi connectivity index (χ2v) is 9.02. The topological polar surface area (TPSA) is 95.5 Å². The highest BCUT2D eigenvalue weighted by atomic mass is 19.1. The number of carbonyl (C=O) groups is 1. The van der Waals surface area contributed by atoms with Crippen molar-refractivity contribution in [1.29, 1.82) is 0 Å². The number of benzene rings is 2. The Morgan fingerprint density at radius 1 is 1.12 bits per heavy atom. The first-order chi connectivity index (χ1) is 19.3. The fourth-order valence-corrected chi connectivity index (χ4v) is 4.81. The van der Waals surface area contributed by atoms with Gasteiger partial charge in [-0.2, -0.15) is 5.10 Å². The second-order valence-electron chi connectivity index (χ2n) is 9.02. The fourth-order valence-electron chi connectivity index (χ4n) is 4.81. The van der Waals surface area contributed by atoms with Gasteiger partial charge in [0.15, 0.2) is 23.1 Å². The van der Waals surface area contributed by atoms with Gasteiger partial charge in [0.25, 0.3) is 0 Å². The smallest absolute Gasteiger partial charge is 0.246 e. The van der Waals surface area contributed by atoms with Gasteiger partial charge in [0, 0.05) is 36.5 Å². The zero-order chi connectivity index (χ0) is 28.6. The first-order valence-electron chi connectivity index (χ1n) is 12.2. The Hall–Kier alpha value is -4.98. The predicted molar refractivity (Wildman–Crippen MR) is 143 cm³/mol. The minimum absolute atomic E-state index is 0.0480. The third-order valence-corrected chi connectivity index (χ3v) is 6.79. The quantitative estimate of drug-likeness (QED) is 0.293. The van der Waals surface area contributed by atoms with Crippen LogP contribution in [0.3, 0.4) is 0 Å². The Morgan fingerprint density at radius 3 is 2.48 bits per heavy atom. The molecule has 0 aliphatic carbocycles. The molecule has 0 saturated carbocycles. The largest absolute Gasteiger partial charge is 0.493 e. The molecule has 1 fully saturated rings. The number of nitrogens with zero attached hydrogens (tertiary/aromatic N) is 4. The van der Waals surface area contributed by atoms with E-state index in [4.69, 9.17) is 15.2 Å². The number of amides is 1. The number of nitrogen functional groups attached to an aromatic ring is 1. The lowest BCUT2D eigenvalue weighted by Gasteiger charge is -2.16. The van der Waals surface area contributed by atoms with Crippen LogP contribution in [-0.2, 0) is 4.79 Å². The number of carbonyl (C=O) groups excluding carboxylic acids is 1. The summed E-state index contributed by atoms with van der Waals surface area (Å²) in [5.41, 5.74) is 6.86. The molecule has 8 nitrogen and oxygen atoms in total. The molecule has 0 radical (unpaired) electrons. The molecule has 2 aromatic heterocycles. The number of pyridine rings is 1. The Labute approximate surface area is 227 Å². The van der Waals surface area contributed by atoms with Gasteiger partial charge in [-0.1, -0.05) is 30.7 Å². The summed E-state index contributed by atoms with van der Waals surface area (Å²) < 4.78 is 56.6. The molecule has 11 heteroatoms. The van der Waals surface area contributed by atoms with Gasteiger partial charge in [0.1, 0.15) is 22.9 Å². The first-order valence-corrected chi connectivity index (χ1v) is 12.2. The van der Waals surface area contributed by atoms with E-state index < -0.39 is 23.0 Å². The molecule has 1 saturated heterocycles. The van der Waals surface area contributed by atoms with Crippen LogP contribution in [0.1, 0.15) is 23.7 Å². The summed E-state index contributed by atoms with van der Waals surface area (Å²) in [5.74, 6) is 2.04. The highest BCUT2D eigenvalue weighted by Gasteiger charge is 2.30. The lowest BCUT2D eigenvalue weighted by molar-refractivity contribution is -0.125. The van der Waals surface area contributed by atoms with E-state index in [0.717, 1.165) is 6.07 Å². The van der Waals surface area contributed by atoms with Gasteiger partial charge in [-0.15, -0.1) is 0 Å². The van der Waals surface area contributed by atoms with Crippen molar-refractivity contribution in [2.24, 2.45) is 0 Å². The first kappa shape index (κ1) is 26.6. The minimum atomic E-state index is -1.01. The molecular formula is C29H24F3N5O3. The Balaban J connectivity index is 1.75. The number of hydrogen-bond acceptors (Lipinski definition) is 6. The van der Waals surface area contributed by atoms with Gasteiger partial charge < -0.3 is 20.1 Å². The van der Waals surface area contributed by atoms with Crippen molar-refractivity contribution in [2.75, 3.05) is 33.0 Å². The molecular weight excluding hydrogens is 523 g/mol. The molecule has 1 aliphatic rings. The molecule has 4 aromatic rings. The van der Waals surface area contributed by atoms with Crippen LogP contribution >= 0.6 is 0 Å². The maximum absolute atomic E-state index is 15.0. The number of likely N-dealkylation sites (tertiary alicyclic amines) is 1. The van der Waals surface area contributed by atoms with Crippen LogP contribution in [0.15, 0.2) is 49.2 Å². The van der Waals surface area contributed by atoms with Gasteiger partial charge >= 0.3 is 0 Å². The number of halogens is 3. The van der Waals surface area contributed by atoms with E-state index in [1.54, 1.807) is 27.8 Å². The van der Waals surface area contributed by atoms with Crippen molar-refractivity contribution in [3.05, 3.63) is 77.9 Å². The highest BCUT2D eigenvalue weighted by Crippen LogP contribution is 2.37. The van der Waals surface area contributed by atoms with Gasteiger partial charge in [0.2, 0.25) is 5.91 Å². The van der Waals surface area contributed by atoms with E-state index in [0.29, 0.717) is 30.6 Å². The monoisotopic (exact) mass is 547 g/mol. The van der Waals surface area contributed by atoms with Crippen LogP contribution < -0.4 is 15.2 Å². The third-order valence-electron chi connectivity index (χ3n) is 6.79. The molecule has 40 heavy (non-hydrogen) atoms. The zero-order valence-electron chi connectivity index (χ0n) is 21.7. The van der Waals surface area contributed by atoms with Crippen molar-refractivity contribution in [3.8, 4) is 34.5 Å². The molecule has 2 N–H and O–H groups in total. The number of ether oxygens (including phenoxy) is 2. The van der Waals surface area contributed by atoms with Crippen LogP contribution in [0.4, 0.5) is 19.0 Å². The van der Waals surface area contributed by atoms with Crippen molar-refractivity contribution in [3.63, 3.8) is 0 Å². The number of nitrogens with two attached hydrogens (primary N) is 1. The van der Waals surface area contributed by atoms with Gasteiger partial charge in [-0.05, 0) is 24.5 Å². The van der Waals surface area contributed by atoms with Crippen LogP contribution in [0, 0.1) is 29.3 Å². The zero-order valence-corrected chi connectivity index (χ0v) is 21.7.